The van der Waals surface area contributed by atoms with Crippen LogP contribution >= 0.6 is 11.6 Å². The molecule has 0 amide bonds. The van der Waals surface area contributed by atoms with Gasteiger partial charge in [0.15, 0.2) is 0 Å². The van der Waals surface area contributed by atoms with Gasteiger partial charge in [-0.25, -0.2) is 4.79 Å². The maximum atomic E-state index is 11.8. The van der Waals surface area contributed by atoms with Crippen molar-refractivity contribution in [1.82, 2.24) is 5.32 Å². The maximum absolute atomic E-state index is 11.8. The van der Waals surface area contributed by atoms with Gasteiger partial charge < -0.3 is 14.5 Å². The summed E-state index contributed by atoms with van der Waals surface area (Å²) in [6, 6.07) is 14.8. The summed E-state index contributed by atoms with van der Waals surface area (Å²) in [4.78, 5) is 11.8. The number of hydrogen-bond donors (Lipinski definition) is 1. The van der Waals surface area contributed by atoms with E-state index in [4.69, 9.17) is 20.8 Å². The van der Waals surface area contributed by atoms with Crippen LogP contribution in [0.2, 0.25) is 5.02 Å². The molecule has 1 atom stereocenters. The first-order chi connectivity index (χ1) is 11.6. The lowest BCUT2D eigenvalue weighted by Crippen LogP contribution is -2.19. The fourth-order valence-corrected chi connectivity index (χ4v) is 2.84. The van der Waals surface area contributed by atoms with E-state index in [9.17, 15) is 4.79 Å². The van der Waals surface area contributed by atoms with E-state index in [1.165, 1.54) is 6.07 Å². The number of fused-ring (bicyclic) bond motifs is 1. The van der Waals surface area contributed by atoms with Crippen molar-refractivity contribution in [2.45, 2.75) is 19.5 Å². The van der Waals surface area contributed by atoms with E-state index in [1.807, 2.05) is 36.4 Å². The SMILES string of the molecule is COc1ccc2c(CN[C@@H](C)c3cccc(Cl)c3)cc(=O)oc2c1. The van der Waals surface area contributed by atoms with E-state index in [-0.39, 0.29) is 11.7 Å². The molecular formula is C19H18ClNO3. The molecule has 1 heterocycles. The second-order valence-corrected chi connectivity index (χ2v) is 6.05. The molecule has 0 aliphatic rings. The maximum Gasteiger partial charge on any atom is 0.336 e. The standard InChI is InChI=1S/C19H18ClNO3/c1-12(13-4-3-5-15(20)8-13)21-11-14-9-19(22)24-18-10-16(23-2)6-7-17(14)18/h3-10,12,21H,11H2,1-2H3/t12-/m0/s1. The van der Waals surface area contributed by atoms with Gasteiger partial charge in [0.2, 0.25) is 0 Å². The molecule has 4 nitrogen and oxygen atoms in total. The summed E-state index contributed by atoms with van der Waals surface area (Å²) >= 11 is 6.04. The van der Waals surface area contributed by atoms with Crippen molar-refractivity contribution >= 4 is 22.6 Å². The molecule has 1 aromatic heterocycles. The van der Waals surface area contributed by atoms with E-state index in [0.29, 0.717) is 22.9 Å². The molecular weight excluding hydrogens is 326 g/mol. The van der Waals surface area contributed by atoms with E-state index in [1.54, 1.807) is 13.2 Å². The Kier molecular flexibility index (Phi) is 4.88. The zero-order valence-electron chi connectivity index (χ0n) is 13.5. The molecule has 0 aliphatic carbocycles. The van der Waals surface area contributed by atoms with Gasteiger partial charge in [0, 0.05) is 35.1 Å². The third-order valence-electron chi connectivity index (χ3n) is 3.98. The number of hydrogen-bond acceptors (Lipinski definition) is 4. The highest BCUT2D eigenvalue weighted by Gasteiger charge is 2.10. The Labute approximate surface area is 145 Å². The van der Waals surface area contributed by atoms with Gasteiger partial charge in [0.25, 0.3) is 0 Å². The van der Waals surface area contributed by atoms with E-state index in [0.717, 1.165) is 16.5 Å². The number of rotatable bonds is 5. The minimum atomic E-state index is -0.372. The van der Waals surface area contributed by atoms with Crippen LogP contribution in [-0.4, -0.2) is 7.11 Å². The quantitative estimate of drug-likeness (QED) is 0.701. The van der Waals surface area contributed by atoms with Gasteiger partial charge in [0.05, 0.1) is 7.11 Å². The van der Waals surface area contributed by atoms with Gasteiger partial charge in [-0.1, -0.05) is 23.7 Å². The topological polar surface area (TPSA) is 51.5 Å². The summed E-state index contributed by atoms with van der Waals surface area (Å²) in [5.41, 5.74) is 2.13. The molecule has 3 aromatic rings. The highest BCUT2D eigenvalue weighted by atomic mass is 35.5. The first kappa shape index (κ1) is 16.6. The molecule has 124 valence electrons. The first-order valence-electron chi connectivity index (χ1n) is 7.66. The van der Waals surface area contributed by atoms with Crippen molar-refractivity contribution in [2.75, 3.05) is 7.11 Å². The van der Waals surface area contributed by atoms with Crippen LogP contribution in [0.1, 0.15) is 24.1 Å². The molecule has 0 aliphatic heterocycles. The van der Waals surface area contributed by atoms with Crippen molar-refractivity contribution in [2.24, 2.45) is 0 Å². The van der Waals surface area contributed by atoms with Gasteiger partial charge >= 0.3 is 5.63 Å². The van der Waals surface area contributed by atoms with Crippen LogP contribution in [-0.2, 0) is 6.54 Å². The fourth-order valence-electron chi connectivity index (χ4n) is 2.64. The second-order valence-electron chi connectivity index (χ2n) is 5.61. The minimum Gasteiger partial charge on any atom is -0.497 e. The Morgan fingerprint density at radius 3 is 2.79 bits per heavy atom. The Balaban J connectivity index is 1.86. The van der Waals surface area contributed by atoms with Crippen LogP contribution in [0.3, 0.4) is 0 Å². The van der Waals surface area contributed by atoms with Crippen LogP contribution in [0, 0.1) is 0 Å². The number of ether oxygens (including phenoxy) is 1. The normalized spacial score (nSPS) is 12.3. The van der Waals surface area contributed by atoms with Gasteiger partial charge in [-0.3, -0.25) is 0 Å². The minimum absolute atomic E-state index is 0.101. The van der Waals surface area contributed by atoms with Crippen LogP contribution in [0.15, 0.2) is 57.7 Å². The van der Waals surface area contributed by atoms with E-state index in [2.05, 4.69) is 12.2 Å². The molecule has 24 heavy (non-hydrogen) atoms. The van der Waals surface area contributed by atoms with Gasteiger partial charge in [0.1, 0.15) is 11.3 Å². The summed E-state index contributed by atoms with van der Waals surface area (Å²) < 4.78 is 10.5. The Hall–Kier alpha value is -2.30. The Morgan fingerprint density at radius 2 is 2.04 bits per heavy atom. The molecule has 3 rings (SSSR count). The molecule has 0 saturated heterocycles. The first-order valence-corrected chi connectivity index (χ1v) is 8.04. The second kappa shape index (κ2) is 7.07. The zero-order chi connectivity index (χ0) is 17.1. The Bertz CT molecular complexity index is 920. The number of halogens is 1. The average molecular weight is 344 g/mol. The van der Waals surface area contributed by atoms with E-state index < -0.39 is 0 Å². The third-order valence-corrected chi connectivity index (χ3v) is 4.22. The van der Waals surface area contributed by atoms with Crippen molar-refractivity contribution < 1.29 is 9.15 Å². The molecule has 0 saturated carbocycles. The largest absolute Gasteiger partial charge is 0.497 e. The monoisotopic (exact) mass is 343 g/mol. The summed E-state index contributed by atoms with van der Waals surface area (Å²) in [5.74, 6) is 0.656. The third kappa shape index (κ3) is 3.61. The summed E-state index contributed by atoms with van der Waals surface area (Å²) in [7, 11) is 1.58. The molecule has 0 unspecified atom stereocenters. The molecule has 0 fully saturated rings. The van der Waals surface area contributed by atoms with Crippen molar-refractivity contribution in [3.05, 3.63) is 75.1 Å². The number of benzene rings is 2. The van der Waals surface area contributed by atoms with Gasteiger partial charge in [-0.05, 0) is 42.3 Å². The zero-order valence-corrected chi connectivity index (χ0v) is 14.3. The lowest BCUT2D eigenvalue weighted by Gasteiger charge is -2.15. The van der Waals surface area contributed by atoms with Crippen LogP contribution < -0.4 is 15.7 Å². The highest BCUT2D eigenvalue weighted by Crippen LogP contribution is 2.23. The smallest absolute Gasteiger partial charge is 0.336 e. The van der Waals surface area contributed by atoms with Crippen molar-refractivity contribution in [1.29, 1.82) is 0 Å². The van der Waals surface area contributed by atoms with Crippen LogP contribution in [0.5, 0.6) is 5.75 Å². The number of methoxy groups -OCH3 is 1. The Morgan fingerprint density at radius 1 is 1.21 bits per heavy atom. The van der Waals surface area contributed by atoms with Gasteiger partial charge in [-0.2, -0.15) is 0 Å². The van der Waals surface area contributed by atoms with E-state index >= 15 is 0 Å². The molecule has 5 heteroatoms. The van der Waals surface area contributed by atoms with Crippen molar-refractivity contribution in [3.8, 4) is 5.75 Å². The molecule has 0 spiro atoms. The predicted molar refractivity (Wildman–Crippen MR) is 95.7 cm³/mol. The number of nitrogens with one attached hydrogen (secondary N) is 1. The highest BCUT2D eigenvalue weighted by molar-refractivity contribution is 6.30. The fraction of sp³-hybridized carbons (Fsp3) is 0.211. The predicted octanol–water partition coefficient (Wildman–Crippen LogP) is 4.31. The summed E-state index contributed by atoms with van der Waals surface area (Å²) in [6.45, 7) is 2.60. The van der Waals surface area contributed by atoms with Crippen molar-refractivity contribution in [3.63, 3.8) is 0 Å². The van der Waals surface area contributed by atoms with Crippen LogP contribution in [0.4, 0.5) is 0 Å². The lowest BCUT2D eigenvalue weighted by atomic mass is 10.1. The average Bonchev–Trinajstić information content (AvgIpc) is 2.58. The molecule has 1 N–H and O–H groups in total. The van der Waals surface area contributed by atoms with Crippen LogP contribution in [0.25, 0.3) is 11.0 Å². The lowest BCUT2D eigenvalue weighted by molar-refractivity contribution is 0.414. The summed E-state index contributed by atoms with van der Waals surface area (Å²) in [6.07, 6.45) is 0. The molecule has 0 bridgehead atoms. The summed E-state index contributed by atoms with van der Waals surface area (Å²) in [5, 5.41) is 5.02. The van der Waals surface area contributed by atoms with Gasteiger partial charge in [-0.15, -0.1) is 0 Å². The molecule has 2 aromatic carbocycles. The molecule has 0 radical (unpaired) electrons.